The van der Waals surface area contributed by atoms with Gasteiger partial charge in [-0.25, -0.2) is 0 Å². The van der Waals surface area contributed by atoms with Crippen LogP contribution in [0.3, 0.4) is 0 Å². The van der Waals surface area contributed by atoms with Crippen LogP contribution in [0.4, 0.5) is 5.69 Å². The minimum Gasteiger partial charge on any atom is -0.493 e. The van der Waals surface area contributed by atoms with Crippen LogP contribution in [0.1, 0.15) is 6.42 Å². The van der Waals surface area contributed by atoms with Gasteiger partial charge < -0.3 is 10.1 Å². The molecule has 6 heteroatoms. The number of para-hydroxylation sites is 1. The van der Waals surface area contributed by atoms with Gasteiger partial charge in [-0.3, -0.25) is 19.8 Å². The minimum atomic E-state index is -0.163. The SMILES string of the molecule is O=C(CCOc1ccc2c(=O)[nH][nH]c2c1)Nc1ccccc1. The van der Waals surface area contributed by atoms with Crippen molar-refractivity contribution in [1.29, 1.82) is 0 Å². The fourth-order valence-electron chi connectivity index (χ4n) is 2.11. The van der Waals surface area contributed by atoms with Crippen molar-refractivity contribution in [2.45, 2.75) is 6.42 Å². The zero-order valence-electron chi connectivity index (χ0n) is 11.8. The normalized spacial score (nSPS) is 10.5. The van der Waals surface area contributed by atoms with E-state index in [1.807, 2.05) is 30.3 Å². The molecule has 3 aromatic rings. The summed E-state index contributed by atoms with van der Waals surface area (Å²) >= 11 is 0. The number of benzene rings is 2. The van der Waals surface area contributed by atoms with Crippen LogP contribution >= 0.6 is 0 Å². The Kier molecular flexibility index (Phi) is 3.91. The van der Waals surface area contributed by atoms with Crippen molar-refractivity contribution in [2.75, 3.05) is 11.9 Å². The van der Waals surface area contributed by atoms with Crippen molar-refractivity contribution >= 4 is 22.5 Å². The van der Waals surface area contributed by atoms with Crippen LogP contribution in [0.2, 0.25) is 0 Å². The molecule has 0 bridgehead atoms. The highest BCUT2D eigenvalue weighted by atomic mass is 16.5. The van der Waals surface area contributed by atoms with E-state index in [4.69, 9.17) is 4.74 Å². The lowest BCUT2D eigenvalue weighted by atomic mass is 10.2. The number of H-pyrrole nitrogens is 2. The standard InChI is InChI=1S/C16H15N3O3/c20-15(17-11-4-2-1-3-5-11)8-9-22-12-6-7-13-14(10-12)18-19-16(13)21/h1-7,10H,8-9H2,(H,17,20)(H2,18,19,21). The second kappa shape index (κ2) is 6.17. The van der Waals surface area contributed by atoms with Crippen molar-refractivity contribution in [1.82, 2.24) is 10.2 Å². The van der Waals surface area contributed by atoms with Gasteiger partial charge in [0.1, 0.15) is 5.75 Å². The summed E-state index contributed by atoms with van der Waals surface area (Å²) in [6.07, 6.45) is 0.247. The Morgan fingerprint density at radius 1 is 1.09 bits per heavy atom. The number of anilines is 1. The monoisotopic (exact) mass is 297 g/mol. The molecular formula is C16H15N3O3. The number of amides is 1. The van der Waals surface area contributed by atoms with E-state index in [1.165, 1.54) is 0 Å². The molecule has 2 aromatic carbocycles. The molecule has 3 N–H and O–H groups in total. The Hall–Kier alpha value is -3.02. The van der Waals surface area contributed by atoms with Crippen LogP contribution in [0.15, 0.2) is 53.3 Å². The van der Waals surface area contributed by atoms with E-state index in [2.05, 4.69) is 15.5 Å². The number of aromatic nitrogens is 2. The number of rotatable bonds is 5. The van der Waals surface area contributed by atoms with Crippen LogP contribution in [-0.4, -0.2) is 22.7 Å². The van der Waals surface area contributed by atoms with E-state index < -0.39 is 0 Å². The van der Waals surface area contributed by atoms with Gasteiger partial charge in [-0.2, -0.15) is 0 Å². The van der Waals surface area contributed by atoms with Crippen LogP contribution in [0.25, 0.3) is 10.9 Å². The Bertz CT molecular complexity index is 836. The molecule has 0 saturated carbocycles. The Morgan fingerprint density at radius 2 is 1.91 bits per heavy atom. The molecule has 0 saturated heterocycles. The minimum absolute atomic E-state index is 0.109. The first-order valence-corrected chi connectivity index (χ1v) is 6.90. The molecule has 1 amide bonds. The maximum absolute atomic E-state index is 11.8. The summed E-state index contributed by atoms with van der Waals surface area (Å²) in [5.74, 6) is 0.498. The van der Waals surface area contributed by atoms with E-state index >= 15 is 0 Å². The summed E-state index contributed by atoms with van der Waals surface area (Å²) in [5.41, 5.74) is 1.28. The highest BCUT2D eigenvalue weighted by molar-refractivity contribution is 5.90. The number of hydrogen-bond acceptors (Lipinski definition) is 3. The average molecular weight is 297 g/mol. The predicted octanol–water partition coefficient (Wildman–Crippen LogP) is 2.26. The second-order valence-corrected chi connectivity index (χ2v) is 4.80. The van der Waals surface area contributed by atoms with Gasteiger partial charge in [0.25, 0.3) is 5.56 Å². The molecule has 3 rings (SSSR count). The fourth-order valence-corrected chi connectivity index (χ4v) is 2.11. The summed E-state index contributed by atoms with van der Waals surface area (Å²) in [6, 6.07) is 14.4. The molecule has 0 aliphatic rings. The summed E-state index contributed by atoms with van der Waals surface area (Å²) in [4.78, 5) is 23.2. The van der Waals surface area contributed by atoms with E-state index in [-0.39, 0.29) is 24.5 Å². The number of ether oxygens (including phenoxy) is 1. The molecule has 0 atom stereocenters. The summed E-state index contributed by atoms with van der Waals surface area (Å²) in [5, 5.41) is 8.64. The number of carbonyl (C=O) groups excluding carboxylic acids is 1. The van der Waals surface area contributed by atoms with Crippen molar-refractivity contribution in [3.05, 3.63) is 58.9 Å². The Morgan fingerprint density at radius 3 is 2.73 bits per heavy atom. The zero-order chi connectivity index (χ0) is 15.4. The van der Waals surface area contributed by atoms with E-state index in [9.17, 15) is 9.59 Å². The number of hydrogen-bond donors (Lipinski definition) is 3. The third-order valence-corrected chi connectivity index (χ3v) is 3.20. The number of aromatic amines is 2. The largest absolute Gasteiger partial charge is 0.493 e. The van der Waals surface area contributed by atoms with E-state index in [0.29, 0.717) is 16.7 Å². The Balaban J connectivity index is 1.53. The third kappa shape index (κ3) is 3.17. The molecule has 112 valence electrons. The quantitative estimate of drug-likeness (QED) is 0.675. The summed E-state index contributed by atoms with van der Waals surface area (Å²) in [7, 11) is 0. The number of carbonyl (C=O) groups is 1. The van der Waals surface area contributed by atoms with Gasteiger partial charge in [0, 0.05) is 11.8 Å². The highest BCUT2D eigenvalue weighted by Crippen LogP contribution is 2.16. The van der Waals surface area contributed by atoms with Crippen molar-refractivity contribution in [3.8, 4) is 5.75 Å². The van der Waals surface area contributed by atoms with Crippen LogP contribution in [-0.2, 0) is 4.79 Å². The molecule has 0 unspecified atom stereocenters. The van der Waals surface area contributed by atoms with Crippen molar-refractivity contribution in [2.24, 2.45) is 0 Å². The van der Waals surface area contributed by atoms with Crippen molar-refractivity contribution in [3.63, 3.8) is 0 Å². The Labute approximate surface area is 126 Å². The average Bonchev–Trinajstić information content (AvgIpc) is 2.89. The molecule has 22 heavy (non-hydrogen) atoms. The van der Waals surface area contributed by atoms with Crippen molar-refractivity contribution < 1.29 is 9.53 Å². The molecule has 0 aliphatic carbocycles. The molecular weight excluding hydrogens is 282 g/mol. The third-order valence-electron chi connectivity index (χ3n) is 3.20. The summed E-state index contributed by atoms with van der Waals surface area (Å²) in [6.45, 7) is 0.263. The first-order chi connectivity index (χ1) is 10.7. The molecule has 1 aromatic heterocycles. The van der Waals surface area contributed by atoms with Crippen LogP contribution in [0, 0.1) is 0 Å². The topological polar surface area (TPSA) is 87.0 Å². The van der Waals surface area contributed by atoms with E-state index in [1.54, 1.807) is 18.2 Å². The second-order valence-electron chi connectivity index (χ2n) is 4.80. The van der Waals surface area contributed by atoms with Gasteiger partial charge in [-0.15, -0.1) is 0 Å². The molecule has 0 aliphatic heterocycles. The summed E-state index contributed by atoms with van der Waals surface area (Å²) < 4.78 is 5.53. The van der Waals surface area contributed by atoms with Crippen LogP contribution in [0.5, 0.6) is 5.75 Å². The lowest BCUT2D eigenvalue weighted by Crippen LogP contribution is -2.15. The van der Waals surface area contributed by atoms with Crippen LogP contribution < -0.4 is 15.6 Å². The molecule has 1 heterocycles. The maximum atomic E-state index is 11.8. The van der Waals surface area contributed by atoms with Gasteiger partial charge in [0.05, 0.1) is 23.9 Å². The van der Waals surface area contributed by atoms with Gasteiger partial charge in [0.15, 0.2) is 0 Å². The molecule has 0 spiro atoms. The maximum Gasteiger partial charge on any atom is 0.271 e. The van der Waals surface area contributed by atoms with Gasteiger partial charge in [-0.05, 0) is 24.3 Å². The van der Waals surface area contributed by atoms with Gasteiger partial charge >= 0.3 is 0 Å². The highest BCUT2D eigenvalue weighted by Gasteiger charge is 2.05. The lowest BCUT2D eigenvalue weighted by molar-refractivity contribution is -0.116. The fraction of sp³-hybridized carbons (Fsp3) is 0.125. The van der Waals surface area contributed by atoms with E-state index in [0.717, 1.165) is 5.69 Å². The molecule has 6 nitrogen and oxygen atoms in total. The number of fused-ring (bicyclic) bond motifs is 1. The predicted molar refractivity (Wildman–Crippen MR) is 84.1 cm³/mol. The first kappa shape index (κ1) is 13.9. The molecule has 0 fully saturated rings. The smallest absolute Gasteiger partial charge is 0.271 e. The van der Waals surface area contributed by atoms with Gasteiger partial charge in [0.2, 0.25) is 5.91 Å². The van der Waals surface area contributed by atoms with Gasteiger partial charge in [-0.1, -0.05) is 18.2 Å². The lowest BCUT2D eigenvalue weighted by Gasteiger charge is -2.07. The zero-order valence-corrected chi connectivity index (χ0v) is 11.8. The number of nitrogens with one attached hydrogen (secondary N) is 3. The molecule has 0 radical (unpaired) electrons. The first-order valence-electron chi connectivity index (χ1n) is 6.90.